The minimum atomic E-state index is 0.475. The van der Waals surface area contributed by atoms with Crippen LogP contribution in [0.3, 0.4) is 0 Å². The molecule has 0 N–H and O–H groups in total. The first-order valence-electron chi connectivity index (χ1n) is 6.76. The van der Waals surface area contributed by atoms with Gasteiger partial charge in [0, 0.05) is 5.72 Å². The van der Waals surface area contributed by atoms with Crippen LogP contribution in [0.1, 0.15) is 39.8 Å². The van der Waals surface area contributed by atoms with E-state index in [2.05, 4.69) is 86.1 Å². The van der Waals surface area contributed by atoms with Crippen LogP contribution in [0.2, 0.25) is 0 Å². The first kappa shape index (κ1) is 14.3. The van der Waals surface area contributed by atoms with Crippen LogP contribution in [0.5, 0.6) is 0 Å². The van der Waals surface area contributed by atoms with E-state index in [-0.39, 0.29) is 0 Å². The standard InChI is InChI=1S/C15H21BN2S/c1-12(2)17-10-11-18(13(3)4)15(17)16-19-14-8-6-5-7-9-14/h5-13H,1-4H3. The summed E-state index contributed by atoms with van der Waals surface area (Å²) in [7, 11) is 0. The van der Waals surface area contributed by atoms with Gasteiger partial charge in [0.25, 0.3) is 0 Å². The zero-order valence-corrected chi connectivity index (χ0v) is 12.9. The number of hydrogen-bond donors (Lipinski definition) is 0. The van der Waals surface area contributed by atoms with Gasteiger partial charge in [-0.05, 0) is 32.6 Å². The van der Waals surface area contributed by atoms with Crippen LogP contribution in [-0.2, 0) is 0 Å². The maximum absolute atomic E-state index is 2.32. The van der Waals surface area contributed by atoms with Crippen molar-refractivity contribution in [1.29, 1.82) is 0 Å². The molecule has 0 spiro atoms. The van der Waals surface area contributed by atoms with Crippen LogP contribution >= 0.6 is 11.6 Å². The van der Waals surface area contributed by atoms with Crippen LogP contribution in [0, 0.1) is 0 Å². The molecule has 1 aromatic carbocycles. The quantitative estimate of drug-likeness (QED) is 0.600. The van der Waals surface area contributed by atoms with Gasteiger partial charge >= 0.3 is 0 Å². The summed E-state index contributed by atoms with van der Waals surface area (Å²) < 4.78 is 4.63. The van der Waals surface area contributed by atoms with Crippen LogP contribution in [0.15, 0.2) is 47.6 Å². The number of hydrogen-bond acceptors (Lipinski definition) is 1. The molecule has 0 amide bonds. The van der Waals surface area contributed by atoms with Gasteiger partial charge in [0.1, 0.15) is 12.4 Å². The van der Waals surface area contributed by atoms with Crippen molar-refractivity contribution < 1.29 is 4.57 Å². The highest BCUT2D eigenvalue weighted by molar-refractivity contribution is 8.23. The van der Waals surface area contributed by atoms with Gasteiger partial charge in [-0.1, -0.05) is 36.9 Å². The Bertz CT molecular complexity index is 495. The Hall–Kier alpha value is -1.16. The van der Waals surface area contributed by atoms with E-state index in [1.54, 1.807) is 11.6 Å². The topological polar surface area (TPSA) is 8.81 Å². The van der Waals surface area contributed by atoms with Crippen molar-refractivity contribution in [3.8, 4) is 0 Å². The average molecular weight is 272 g/mol. The lowest BCUT2D eigenvalue weighted by molar-refractivity contribution is -0.698. The van der Waals surface area contributed by atoms with Crippen molar-refractivity contribution in [3.63, 3.8) is 0 Å². The van der Waals surface area contributed by atoms with E-state index >= 15 is 0 Å². The summed E-state index contributed by atoms with van der Waals surface area (Å²) in [4.78, 5) is 1.27. The molecule has 19 heavy (non-hydrogen) atoms. The lowest BCUT2D eigenvalue weighted by atomic mass is 10.1. The smallest absolute Gasteiger partial charge is 0.126 e. The first-order valence-corrected chi connectivity index (χ1v) is 7.64. The second-order valence-electron chi connectivity index (χ2n) is 5.21. The van der Waals surface area contributed by atoms with Crippen LogP contribution in [0.25, 0.3) is 0 Å². The van der Waals surface area contributed by atoms with Gasteiger partial charge in [0.2, 0.25) is 0 Å². The minimum Gasteiger partial charge on any atom is -0.404 e. The van der Waals surface area contributed by atoms with E-state index in [0.717, 1.165) is 0 Å². The van der Waals surface area contributed by atoms with Gasteiger partial charge in [-0.3, -0.25) is 9.13 Å². The van der Waals surface area contributed by atoms with Gasteiger partial charge in [-0.2, -0.15) is 0 Å². The first-order chi connectivity index (χ1) is 9.09. The molecule has 4 heteroatoms. The van der Waals surface area contributed by atoms with E-state index < -0.39 is 0 Å². The highest BCUT2D eigenvalue weighted by Gasteiger charge is 2.12. The summed E-state index contributed by atoms with van der Waals surface area (Å²) in [6, 6.07) is 11.4. The molecule has 2 nitrogen and oxygen atoms in total. The van der Waals surface area contributed by atoms with E-state index in [1.165, 1.54) is 10.6 Å². The van der Waals surface area contributed by atoms with Crippen molar-refractivity contribution in [2.24, 2.45) is 0 Å². The predicted octanol–water partition coefficient (Wildman–Crippen LogP) is 2.97. The molecule has 0 bridgehead atoms. The normalized spacial score (nSPS) is 11.5. The summed E-state index contributed by atoms with van der Waals surface area (Å²) in [6.07, 6.45) is 4.34. The number of nitrogens with zero attached hydrogens (tertiary/aromatic N) is 2. The van der Waals surface area contributed by atoms with Crippen LogP contribution in [0.4, 0.5) is 0 Å². The summed E-state index contributed by atoms with van der Waals surface area (Å²) in [5.41, 5.74) is 1.26. The lowest BCUT2D eigenvalue weighted by Crippen LogP contribution is -2.53. The molecular weight excluding hydrogens is 251 g/mol. The Labute approximate surface area is 121 Å². The van der Waals surface area contributed by atoms with Gasteiger partial charge in [-0.15, -0.1) is 0 Å². The third-order valence-electron chi connectivity index (χ3n) is 3.07. The third-order valence-corrected chi connectivity index (χ3v) is 3.95. The van der Waals surface area contributed by atoms with Crippen molar-refractivity contribution in [2.45, 2.75) is 44.7 Å². The van der Waals surface area contributed by atoms with Gasteiger partial charge < -0.3 is 11.6 Å². The predicted molar refractivity (Wildman–Crippen MR) is 83.1 cm³/mol. The summed E-state index contributed by atoms with van der Waals surface area (Å²) >= 11 is 1.77. The number of rotatable bonds is 5. The van der Waals surface area contributed by atoms with Crippen LogP contribution in [-0.4, -0.2) is 11.1 Å². The largest absolute Gasteiger partial charge is 0.404 e. The van der Waals surface area contributed by atoms with E-state index in [9.17, 15) is 0 Å². The lowest BCUT2D eigenvalue weighted by Gasteiger charge is -2.20. The Morgan fingerprint density at radius 1 is 1.11 bits per heavy atom. The molecule has 1 heterocycles. The minimum absolute atomic E-state index is 0.475. The van der Waals surface area contributed by atoms with E-state index in [4.69, 9.17) is 0 Å². The van der Waals surface area contributed by atoms with Crippen molar-refractivity contribution in [3.05, 3.63) is 42.7 Å². The maximum Gasteiger partial charge on any atom is 0.126 e. The monoisotopic (exact) mass is 272 g/mol. The fourth-order valence-corrected chi connectivity index (χ4v) is 2.84. The summed E-state index contributed by atoms with van der Waals surface area (Å²) in [5, 5.41) is 0. The number of imidazole rings is 1. The van der Waals surface area contributed by atoms with Crippen LogP contribution < -0.4 is 10.3 Å². The highest BCUT2D eigenvalue weighted by Crippen LogP contribution is 2.15. The highest BCUT2D eigenvalue weighted by atomic mass is 32.2. The maximum atomic E-state index is 2.32. The van der Waals surface area contributed by atoms with Crippen molar-refractivity contribution >= 4 is 23.9 Å². The molecule has 0 unspecified atom stereocenters. The Morgan fingerprint density at radius 3 is 2.37 bits per heavy atom. The third kappa shape index (κ3) is 3.44. The fraction of sp³-hybridized carbons (Fsp3) is 0.400. The Kier molecular flexibility index (Phi) is 4.75. The SMILES string of the molecule is CC(C)n1cc[n+](C(C)C)c1[B-]Sc1ccccc1. The van der Waals surface area contributed by atoms with Gasteiger partial charge in [0.15, 0.2) is 0 Å². The molecule has 1 aromatic heterocycles. The summed E-state index contributed by atoms with van der Waals surface area (Å²) in [6.45, 7) is 11.1. The average Bonchev–Trinajstić information content (AvgIpc) is 2.81. The zero-order valence-electron chi connectivity index (χ0n) is 12.1. The zero-order chi connectivity index (χ0) is 13.8. The molecule has 0 saturated heterocycles. The van der Waals surface area contributed by atoms with Crippen molar-refractivity contribution in [1.82, 2.24) is 4.57 Å². The fourth-order valence-electron chi connectivity index (χ4n) is 2.04. The van der Waals surface area contributed by atoms with E-state index in [0.29, 0.717) is 12.1 Å². The van der Waals surface area contributed by atoms with Crippen molar-refractivity contribution in [2.75, 3.05) is 0 Å². The number of benzene rings is 1. The molecule has 100 valence electrons. The Morgan fingerprint density at radius 2 is 1.79 bits per heavy atom. The molecule has 2 radical (unpaired) electrons. The molecule has 0 atom stereocenters. The van der Waals surface area contributed by atoms with Gasteiger partial charge in [0.05, 0.1) is 12.1 Å². The second kappa shape index (κ2) is 6.33. The molecule has 0 aliphatic heterocycles. The second-order valence-corrected chi connectivity index (χ2v) is 6.15. The molecule has 0 saturated carbocycles. The van der Waals surface area contributed by atoms with Gasteiger partial charge in [-0.25, -0.2) is 0 Å². The molecule has 0 aliphatic rings. The summed E-state index contributed by atoms with van der Waals surface area (Å²) in [5.74, 6) is 0. The molecule has 0 fully saturated rings. The molecule has 0 aliphatic carbocycles. The van der Waals surface area contributed by atoms with E-state index in [1.807, 2.05) is 0 Å². The molecule has 2 rings (SSSR count). The molecule has 2 aromatic rings. The molecular formula is C15H21BN2S. The number of aromatic nitrogens is 2. The Balaban J connectivity index is 2.20.